The third kappa shape index (κ3) is 8.66. The molecule has 0 heterocycles. The first-order valence-corrected chi connectivity index (χ1v) is 7.47. The topological polar surface area (TPSA) is 26.3 Å². The summed E-state index contributed by atoms with van der Waals surface area (Å²) >= 11 is 0. The van der Waals surface area contributed by atoms with Gasteiger partial charge in [0.25, 0.3) is 0 Å². The number of esters is 1. The summed E-state index contributed by atoms with van der Waals surface area (Å²) in [5.41, 5.74) is 2.86. The van der Waals surface area contributed by atoms with E-state index in [9.17, 15) is 4.79 Å². The van der Waals surface area contributed by atoms with Crippen LogP contribution >= 0.6 is 0 Å². The first-order chi connectivity index (χ1) is 10.3. The first-order valence-electron chi connectivity index (χ1n) is 7.47. The van der Waals surface area contributed by atoms with Crippen molar-refractivity contribution in [1.82, 2.24) is 0 Å². The quantitative estimate of drug-likeness (QED) is 0.245. The van der Waals surface area contributed by atoms with Crippen molar-refractivity contribution in [2.75, 3.05) is 6.61 Å². The normalized spacial score (nSPS) is 9.14. The van der Waals surface area contributed by atoms with E-state index in [0.29, 0.717) is 6.61 Å². The van der Waals surface area contributed by atoms with E-state index in [1.54, 1.807) is 0 Å². The number of hydrogen-bond donors (Lipinski definition) is 0. The maximum absolute atomic E-state index is 10.8. The van der Waals surface area contributed by atoms with Crippen molar-refractivity contribution >= 4 is 5.97 Å². The van der Waals surface area contributed by atoms with Gasteiger partial charge >= 0.3 is 23.0 Å². The van der Waals surface area contributed by atoms with Gasteiger partial charge in [-0.3, -0.25) is 0 Å². The van der Waals surface area contributed by atoms with Crippen molar-refractivity contribution < 1.29 is 26.6 Å². The summed E-state index contributed by atoms with van der Waals surface area (Å²) in [5.74, 6) is -0.331. The van der Waals surface area contributed by atoms with E-state index in [1.165, 1.54) is 17.2 Å². The molecule has 0 N–H and O–H groups in total. The fraction of sp³-hybridized carbons (Fsp3) is 0.316. The van der Waals surface area contributed by atoms with Gasteiger partial charge in [-0.2, -0.15) is 35.4 Å². The Morgan fingerprint density at radius 2 is 2.05 bits per heavy atom. The van der Waals surface area contributed by atoms with Crippen LogP contribution in [0.1, 0.15) is 30.9 Å². The van der Waals surface area contributed by atoms with E-state index in [1.807, 2.05) is 30.3 Å². The van der Waals surface area contributed by atoms with Crippen LogP contribution in [0.4, 0.5) is 0 Å². The molecule has 0 amide bonds. The Hall–Kier alpha value is -1.57. The number of carbonyl (C=O) groups is 1. The van der Waals surface area contributed by atoms with Crippen molar-refractivity contribution in [3.63, 3.8) is 0 Å². The third-order valence-corrected chi connectivity index (χ3v) is 3.20. The first kappa shape index (κ1) is 20.4. The maximum Gasteiger partial charge on any atom is 2.00 e. The monoisotopic (exact) mass is 340 g/mol. The largest absolute Gasteiger partial charge is 2.00 e. The van der Waals surface area contributed by atoms with Crippen LogP contribution in [0.3, 0.4) is 0 Å². The molecule has 2 rings (SSSR count). The van der Waals surface area contributed by atoms with Gasteiger partial charge in [0.05, 0.1) is 6.61 Å². The fourth-order valence-electron chi connectivity index (χ4n) is 2.05. The number of hydrogen-bond acceptors (Lipinski definition) is 2. The molecule has 2 nitrogen and oxygen atoms in total. The van der Waals surface area contributed by atoms with Crippen LogP contribution < -0.4 is 0 Å². The van der Waals surface area contributed by atoms with Crippen molar-refractivity contribution in [3.05, 3.63) is 72.3 Å². The Labute approximate surface area is 144 Å². The van der Waals surface area contributed by atoms with Crippen LogP contribution in [0, 0.1) is 0 Å². The molecule has 0 aliphatic heterocycles. The van der Waals surface area contributed by atoms with E-state index < -0.39 is 0 Å². The van der Waals surface area contributed by atoms with Gasteiger partial charge < -0.3 is 4.74 Å². The zero-order valence-electron chi connectivity index (χ0n) is 13.1. The van der Waals surface area contributed by atoms with Gasteiger partial charge in [0.15, 0.2) is 0 Å². The van der Waals surface area contributed by atoms with Gasteiger partial charge in [-0.1, -0.05) is 26.3 Å². The molecule has 22 heavy (non-hydrogen) atoms. The minimum atomic E-state index is -0.331. The number of unbranched alkanes of at least 4 members (excludes halogenated alkanes) is 1. The zero-order chi connectivity index (χ0) is 15.3. The predicted molar refractivity (Wildman–Crippen MR) is 87.5 cm³/mol. The Morgan fingerprint density at radius 3 is 2.59 bits per heavy atom. The van der Waals surface area contributed by atoms with Crippen LogP contribution in [0.15, 0.2) is 61.2 Å². The second kappa shape index (κ2) is 13.1. The van der Waals surface area contributed by atoms with Crippen LogP contribution in [-0.2, 0) is 39.4 Å². The molecule has 0 unspecified atom stereocenters. The van der Waals surface area contributed by atoms with Crippen molar-refractivity contribution in [2.24, 2.45) is 0 Å². The molecule has 120 valence electrons. The van der Waals surface area contributed by atoms with E-state index in [4.69, 9.17) is 4.74 Å². The number of ether oxygens (including phenoxy) is 1. The van der Waals surface area contributed by atoms with E-state index in [0.717, 1.165) is 25.7 Å². The molecule has 0 aliphatic rings. The zero-order valence-corrected chi connectivity index (χ0v) is 14.2. The SMILES string of the molecule is C=CC(=O)OCCCCc1ccc[c-]1CC.[Fe+2].c1cc[cH-]c1. The molecule has 0 aromatic heterocycles. The van der Waals surface area contributed by atoms with E-state index in [2.05, 4.69) is 31.7 Å². The van der Waals surface area contributed by atoms with Gasteiger partial charge in [0.2, 0.25) is 0 Å². The third-order valence-electron chi connectivity index (χ3n) is 3.20. The second-order valence-electron chi connectivity index (χ2n) is 4.72. The average molecular weight is 340 g/mol. The summed E-state index contributed by atoms with van der Waals surface area (Å²) < 4.78 is 4.91. The molecule has 0 radical (unpaired) electrons. The van der Waals surface area contributed by atoms with E-state index in [-0.39, 0.29) is 23.0 Å². The summed E-state index contributed by atoms with van der Waals surface area (Å²) in [5, 5.41) is 0. The molecule has 0 atom stereocenters. The molecule has 3 heteroatoms. The molecule has 0 saturated heterocycles. The Morgan fingerprint density at radius 1 is 1.32 bits per heavy atom. The number of aryl methyl sites for hydroxylation is 2. The smallest absolute Gasteiger partial charge is 0.463 e. The van der Waals surface area contributed by atoms with Gasteiger partial charge in [-0.05, 0) is 12.8 Å². The predicted octanol–water partition coefficient (Wildman–Crippen LogP) is 4.42. The van der Waals surface area contributed by atoms with Crippen molar-refractivity contribution in [3.8, 4) is 0 Å². The molecular weight excluding hydrogens is 316 g/mol. The fourth-order valence-corrected chi connectivity index (χ4v) is 2.05. The Balaban J connectivity index is 0.000000622. The van der Waals surface area contributed by atoms with Gasteiger partial charge in [0.1, 0.15) is 0 Å². The molecule has 2 aromatic carbocycles. The summed E-state index contributed by atoms with van der Waals surface area (Å²) in [7, 11) is 0. The maximum atomic E-state index is 10.8. The van der Waals surface area contributed by atoms with Crippen LogP contribution in [-0.4, -0.2) is 12.6 Å². The van der Waals surface area contributed by atoms with Crippen molar-refractivity contribution in [2.45, 2.75) is 32.6 Å². The summed E-state index contributed by atoms with van der Waals surface area (Å²) in [6.07, 6.45) is 5.33. The molecule has 0 bridgehead atoms. The van der Waals surface area contributed by atoms with Gasteiger partial charge in [-0.15, -0.1) is 0 Å². The molecule has 0 saturated carbocycles. The minimum Gasteiger partial charge on any atom is -0.463 e. The summed E-state index contributed by atoms with van der Waals surface area (Å²) in [6, 6.07) is 16.5. The Kier molecular flexibility index (Phi) is 12.2. The summed E-state index contributed by atoms with van der Waals surface area (Å²) in [6.45, 7) is 6.01. The van der Waals surface area contributed by atoms with Crippen molar-refractivity contribution in [1.29, 1.82) is 0 Å². The minimum absolute atomic E-state index is 0. The average Bonchev–Trinajstić information content (AvgIpc) is 3.20. The molecule has 0 fully saturated rings. The number of rotatable bonds is 7. The number of carbonyl (C=O) groups excluding carboxylic acids is 1. The molecular formula is C19H24FeO2. The van der Waals surface area contributed by atoms with Crippen LogP contribution in [0.5, 0.6) is 0 Å². The van der Waals surface area contributed by atoms with Crippen LogP contribution in [0.2, 0.25) is 0 Å². The summed E-state index contributed by atoms with van der Waals surface area (Å²) in [4.78, 5) is 10.8. The van der Waals surface area contributed by atoms with E-state index >= 15 is 0 Å². The second-order valence-corrected chi connectivity index (χ2v) is 4.72. The van der Waals surface area contributed by atoms with Gasteiger partial charge in [-0.25, -0.2) is 29.1 Å². The molecule has 2 aromatic rings. The standard InChI is InChI=1S/C14H19O2.C5H5.Fe/c1-3-12-9-7-10-13(12)8-5-6-11-16-14(15)4-2;1-2-4-5-3-1;/h4,7,9-10H,2-3,5-6,8,11H2,1H3;1-5H;/q2*-1;+2. The van der Waals surface area contributed by atoms with Gasteiger partial charge in [0, 0.05) is 6.08 Å². The van der Waals surface area contributed by atoms with Crippen LogP contribution in [0.25, 0.3) is 0 Å². The Bertz CT molecular complexity index is 480. The molecule has 0 spiro atoms. The molecule has 0 aliphatic carbocycles.